The minimum absolute atomic E-state index is 0.0344. The molecule has 0 saturated carbocycles. The van der Waals surface area contributed by atoms with E-state index in [9.17, 15) is 28.8 Å². The summed E-state index contributed by atoms with van der Waals surface area (Å²) in [5, 5.41) is 14.2. The van der Waals surface area contributed by atoms with Crippen LogP contribution in [-0.4, -0.2) is 138 Å². The Morgan fingerprint density at radius 2 is 1.41 bits per heavy atom. The fourth-order valence-electron chi connectivity index (χ4n) is 4.85. The normalized spacial score (nSPS) is 18.4. The van der Waals surface area contributed by atoms with Crippen LogP contribution in [0.2, 0.25) is 12.1 Å². The standard InChI is InChI=1S/C15H28N6O5Si.C8H17N7O3Si.C6H10O4/c1-10-6-11(7-12(9-22)26-10)8-13-18-14(20-15(19-13)21-16)17-4-3-5-27(23,24)25-2;1-18-19(16,17)4-2-3-11-7-12-6(5-9)13-8(14-7)15-10;1-5(2-7)10-6(3-8)4-9/h10-12,22H,3-9,16H2,1-2H3,(H2,17,18,19,20,21);2-5,9-10H2,1H3,(H2,11,12,13,14,15);2-3,5-6,9H,4H2,1H3/q2*-2;/i22D;;9D. The van der Waals surface area contributed by atoms with Gasteiger partial charge in [0.15, 0.2) is 6.29 Å². The lowest BCUT2D eigenvalue weighted by molar-refractivity contribution is -0.405. The first-order valence-corrected chi connectivity index (χ1v) is 21.4. The van der Waals surface area contributed by atoms with Crippen molar-refractivity contribution in [1.29, 1.82) is 2.86 Å². The van der Waals surface area contributed by atoms with Gasteiger partial charge in [-0.15, -0.1) is 0 Å². The SMILES string of the molecule is CO[Si]([O-])([O-])CCCNc1nc(CN)nc(NN)n1.[2H]OCC(C=O)OC(C)C=O.[2H]OCC1CC(Cc2nc(NN)nc(NCCC[Si]([O-])([O-])OC)n2)CC(C)O1. The van der Waals surface area contributed by atoms with Crippen LogP contribution in [0.3, 0.4) is 0 Å². The maximum absolute atomic E-state index is 11.4. The predicted molar refractivity (Wildman–Crippen MR) is 196 cm³/mol. The van der Waals surface area contributed by atoms with Crippen molar-refractivity contribution in [3.63, 3.8) is 0 Å². The Balaban J connectivity index is 0.000000483. The molecule has 2 aromatic heterocycles. The van der Waals surface area contributed by atoms with Crippen molar-refractivity contribution in [2.45, 2.75) is 89.0 Å². The molecule has 0 radical (unpaired) electrons. The molecule has 0 aliphatic carbocycles. The number of anilines is 4. The van der Waals surface area contributed by atoms with Crippen LogP contribution in [0.4, 0.5) is 23.8 Å². The summed E-state index contributed by atoms with van der Waals surface area (Å²) in [6, 6.07) is -0.0802. The summed E-state index contributed by atoms with van der Waals surface area (Å²) in [7, 11) is -5.74. The molecule has 3 heterocycles. The molecular formula is C29H55N13O12Si2-4. The Morgan fingerprint density at radius 1 is 0.875 bits per heavy atom. The number of carbonyl (C=O) groups is 2. The van der Waals surface area contributed by atoms with Gasteiger partial charge in [0.2, 0.25) is 26.7 Å². The lowest BCUT2D eigenvalue weighted by Gasteiger charge is -2.44. The van der Waals surface area contributed by atoms with E-state index >= 15 is 0 Å². The Kier molecular flexibility index (Phi) is 22.7. The molecular weight excluding hydrogens is 779 g/mol. The van der Waals surface area contributed by atoms with E-state index in [1.807, 2.05) is 6.92 Å². The van der Waals surface area contributed by atoms with Crippen molar-refractivity contribution >= 4 is 54.0 Å². The third-order valence-corrected chi connectivity index (χ3v) is 10.7. The molecule has 5 unspecified atom stereocenters. The first-order chi connectivity index (χ1) is 27.6. The van der Waals surface area contributed by atoms with Crippen LogP contribution in [0.25, 0.3) is 0 Å². The molecule has 27 heteroatoms. The van der Waals surface area contributed by atoms with Crippen LogP contribution < -0.4 is 58.1 Å². The number of nitrogens with one attached hydrogen (secondary N) is 4. The highest BCUT2D eigenvalue weighted by Crippen LogP contribution is 2.27. The van der Waals surface area contributed by atoms with Gasteiger partial charge in [0.05, 0.1) is 32.0 Å². The third kappa shape index (κ3) is 21.1. The van der Waals surface area contributed by atoms with Gasteiger partial charge < -0.3 is 73.7 Å². The van der Waals surface area contributed by atoms with Gasteiger partial charge in [-0.1, -0.05) is 12.1 Å². The van der Waals surface area contributed by atoms with Gasteiger partial charge in [-0.25, -0.2) is 11.7 Å². The van der Waals surface area contributed by atoms with Gasteiger partial charge in [0.1, 0.15) is 30.1 Å². The number of hydrogen-bond donors (Lipinski definition) is 9. The molecule has 3 rings (SSSR count). The fraction of sp³-hybridized carbons (Fsp3) is 0.724. The highest BCUT2D eigenvalue weighted by atomic mass is 28.4. The number of aliphatic hydroxyl groups is 2. The van der Waals surface area contributed by atoms with E-state index in [1.165, 1.54) is 6.92 Å². The average molecular weight is 836 g/mol. The Bertz CT molecular complexity index is 1440. The van der Waals surface area contributed by atoms with Crippen LogP contribution in [-0.2, 0) is 40.9 Å². The second-order valence-corrected chi connectivity index (χ2v) is 16.8. The molecule has 1 saturated heterocycles. The van der Waals surface area contributed by atoms with Crippen molar-refractivity contribution in [2.24, 2.45) is 23.3 Å². The third-order valence-electron chi connectivity index (χ3n) is 7.55. The first kappa shape index (κ1) is 46.9. The van der Waals surface area contributed by atoms with Crippen LogP contribution in [0.15, 0.2) is 0 Å². The van der Waals surface area contributed by atoms with Crippen molar-refractivity contribution in [3.8, 4) is 0 Å². The molecule has 56 heavy (non-hydrogen) atoms. The molecule has 1 aliphatic rings. The molecule has 0 bridgehead atoms. The monoisotopic (exact) mass is 835 g/mol. The lowest BCUT2D eigenvalue weighted by Crippen LogP contribution is -2.64. The van der Waals surface area contributed by atoms with Gasteiger partial charge >= 0.3 is 0 Å². The number of nitrogens with two attached hydrogens (primary N) is 3. The second kappa shape index (κ2) is 27.2. The van der Waals surface area contributed by atoms with Gasteiger partial charge in [0.25, 0.3) is 0 Å². The number of aldehydes is 2. The van der Waals surface area contributed by atoms with Crippen LogP contribution in [0.5, 0.6) is 0 Å². The topological polar surface area (TPSA) is 407 Å². The average Bonchev–Trinajstić information content (AvgIpc) is 3.21. The molecule has 0 spiro atoms. The quantitative estimate of drug-likeness (QED) is 0.0148. The lowest BCUT2D eigenvalue weighted by atomic mass is 9.89. The highest BCUT2D eigenvalue weighted by molar-refractivity contribution is 6.54. The molecule has 320 valence electrons. The number of aliphatic hydroxyl groups excluding tert-OH is 2. The smallest absolute Gasteiger partial charge is 0.242 e. The minimum Gasteiger partial charge on any atom is -0.849 e. The zero-order chi connectivity index (χ0) is 43.6. The van der Waals surface area contributed by atoms with Gasteiger partial charge in [0, 0.05) is 33.7 Å². The van der Waals surface area contributed by atoms with Crippen LogP contribution in [0, 0.1) is 5.92 Å². The summed E-state index contributed by atoms with van der Waals surface area (Å²) >= 11 is 0. The zero-order valence-electron chi connectivity index (χ0n) is 33.8. The van der Waals surface area contributed by atoms with E-state index in [1.54, 1.807) is 0 Å². The highest BCUT2D eigenvalue weighted by Gasteiger charge is 2.27. The predicted octanol–water partition coefficient (Wildman–Crippen LogP) is -6.14. The number of nitrogens with zero attached hydrogens (tertiary/aromatic N) is 6. The van der Waals surface area contributed by atoms with E-state index in [2.05, 4.69) is 70.5 Å². The number of nitrogen functional groups attached to an aromatic ring is 2. The van der Waals surface area contributed by atoms with Crippen molar-refractivity contribution < 1.29 is 57.3 Å². The van der Waals surface area contributed by atoms with E-state index in [0.717, 1.165) is 27.1 Å². The summed E-state index contributed by atoms with van der Waals surface area (Å²) in [6.07, 6.45) is 2.49. The molecule has 0 aromatic carbocycles. The fourth-order valence-corrected chi connectivity index (χ4v) is 6.48. The second-order valence-electron chi connectivity index (χ2n) is 12.2. The number of ether oxygens (including phenoxy) is 2. The van der Waals surface area contributed by atoms with E-state index in [-0.39, 0.29) is 67.8 Å². The largest absolute Gasteiger partial charge is 0.849 e. The zero-order valence-corrected chi connectivity index (χ0v) is 33.8. The number of aromatic nitrogens is 6. The summed E-state index contributed by atoms with van der Waals surface area (Å²) in [5.41, 5.74) is 10.1. The number of rotatable bonds is 25. The summed E-state index contributed by atoms with van der Waals surface area (Å²) in [5.74, 6) is 12.9. The molecule has 2 aromatic rings. The molecule has 12 N–H and O–H groups in total. The van der Waals surface area contributed by atoms with Crippen LogP contribution >= 0.6 is 0 Å². The molecule has 1 aliphatic heterocycles. The summed E-state index contributed by atoms with van der Waals surface area (Å²) < 4.78 is 32.6. The number of carbonyl (C=O) groups excluding carboxylic acids is 2. The van der Waals surface area contributed by atoms with Gasteiger partial charge in [-0.2, -0.15) is 29.9 Å². The van der Waals surface area contributed by atoms with E-state index in [4.69, 9.17) is 29.8 Å². The Labute approximate surface area is 329 Å². The van der Waals surface area contributed by atoms with E-state index < -0.39 is 29.8 Å². The maximum atomic E-state index is 11.4. The number of hydrogen-bond acceptors (Lipinski definition) is 25. The Morgan fingerprint density at radius 3 is 1.88 bits per heavy atom. The van der Waals surface area contributed by atoms with Crippen molar-refractivity contribution in [3.05, 3.63) is 11.6 Å². The maximum Gasteiger partial charge on any atom is 0.242 e. The minimum atomic E-state index is -4.05. The van der Waals surface area contributed by atoms with Crippen molar-refractivity contribution in [2.75, 3.05) is 62.0 Å². The van der Waals surface area contributed by atoms with E-state index in [0.29, 0.717) is 62.5 Å². The summed E-state index contributed by atoms with van der Waals surface area (Å²) in [6.45, 7) is 4.47. The molecule has 0 amide bonds. The first-order valence-electron chi connectivity index (χ1n) is 18.3. The Hall–Kier alpha value is -3.53. The molecule has 1 fully saturated rings. The van der Waals surface area contributed by atoms with Gasteiger partial charge in [-0.05, 0) is 63.1 Å². The molecule has 25 nitrogen and oxygen atoms in total. The van der Waals surface area contributed by atoms with Crippen molar-refractivity contribution in [1.82, 2.24) is 29.9 Å². The van der Waals surface area contributed by atoms with Gasteiger partial charge in [-0.3, -0.25) is 10.9 Å². The number of hydrazine groups is 2. The van der Waals surface area contributed by atoms with Crippen LogP contribution in [0.1, 0.15) is 51.2 Å². The molecule has 5 atom stereocenters. The summed E-state index contributed by atoms with van der Waals surface area (Å²) in [4.78, 5) is 90.0.